The number of aromatic nitrogens is 1. The molecule has 3 aliphatic heterocycles. The number of hydrogen-bond acceptors (Lipinski definition) is 10. The van der Waals surface area contributed by atoms with E-state index in [2.05, 4.69) is 10.2 Å². The number of halogens is 5. The Morgan fingerprint density at radius 3 is 2.25 bits per heavy atom. The van der Waals surface area contributed by atoms with Crippen molar-refractivity contribution < 1.29 is 56.3 Å². The van der Waals surface area contributed by atoms with Crippen molar-refractivity contribution in [2.45, 2.75) is 69.9 Å². The van der Waals surface area contributed by atoms with Crippen LogP contribution < -0.4 is 19.5 Å². The van der Waals surface area contributed by atoms with Gasteiger partial charge in [-0.2, -0.15) is 13.5 Å². The number of ether oxygens (including phenoxy) is 4. The molecule has 4 aromatic rings. The molecule has 4 aliphatic rings. The Morgan fingerprint density at radius 2 is 1.63 bits per heavy atom. The molecule has 3 saturated heterocycles. The van der Waals surface area contributed by atoms with E-state index in [0.29, 0.717) is 46.4 Å². The van der Waals surface area contributed by atoms with Crippen molar-refractivity contribution in [2.24, 2.45) is 11.8 Å². The first-order valence-electron chi connectivity index (χ1n) is 19.4. The van der Waals surface area contributed by atoms with Crippen LogP contribution in [0.2, 0.25) is 10.0 Å². The Bertz CT molecular complexity index is 2080. The van der Waals surface area contributed by atoms with Crippen molar-refractivity contribution in [3.05, 3.63) is 128 Å². The predicted molar refractivity (Wildman–Crippen MR) is 213 cm³/mol. The summed E-state index contributed by atoms with van der Waals surface area (Å²) in [7, 11) is 0. The number of carbonyl (C=O) groups is 3. The summed E-state index contributed by atoms with van der Waals surface area (Å²) in [6.45, 7) is -0.145. The van der Waals surface area contributed by atoms with Gasteiger partial charge in [0.2, 0.25) is 0 Å². The highest BCUT2D eigenvalue weighted by Crippen LogP contribution is 2.38. The highest BCUT2D eigenvalue weighted by atomic mass is 35.5. The van der Waals surface area contributed by atoms with E-state index in [9.17, 15) is 28.0 Å². The van der Waals surface area contributed by atoms with Gasteiger partial charge in [-0.25, -0.2) is 9.18 Å². The molecule has 60 heavy (non-hydrogen) atoms. The molecule has 4 heterocycles. The summed E-state index contributed by atoms with van der Waals surface area (Å²) in [5, 5.41) is 22.1. The second kappa shape index (κ2) is 20.9. The van der Waals surface area contributed by atoms with Crippen molar-refractivity contribution >= 4 is 41.6 Å². The lowest BCUT2D eigenvalue weighted by atomic mass is 9.86. The van der Waals surface area contributed by atoms with Gasteiger partial charge in [0.1, 0.15) is 34.1 Å². The molecule has 320 valence electrons. The van der Waals surface area contributed by atoms with Crippen LogP contribution in [0.25, 0.3) is 0 Å². The average molecular weight is 875 g/mol. The van der Waals surface area contributed by atoms with Crippen LogP contribution in [-0.4, -0.2) is 67.4 Å². The molecular weight excluding hydrogens is 830 g/mol. The summed E-state index contributed by atoms with van der Waals surface area (Å²) in [6.07, 6.45) is 4.70. The Balaban J connectivity index is 0.00000195. The summed E-state index contributed by atoms with van der Waals surface area (Å²) >= 11 is 12.8. The average Bonchev–Trinajstić information content (AvgIpc) is 4.05. The number of hydrogen-bond donors (Lipinski definition) is 2. The lowest BCUT2D eigenvalue weighted by molar-refractivity contribution is -0.605. The van der Waals surface area contributed by atoms with Gasteiger partial charge in [0.25, 0.3) is 6.47 Å². The molecule has 2 bridgehead atoms. The number of alkyl halides is 2. The van der Waals surface area contributed by atoms with E-state index in [1.54, 1.807) is 42.5 Å². The zero-order chi connectivity index (χ0) is 42.8. The number of pyridine rings is 1. The molecular formula is C43H44Cl2F3N3O9. The van der Waals surface area contributed by atoms with Crippen LogP contribution in [0.1, 0.15) is 65.6 Å². The smallest absolute Gasteiger partial charge is 0.387 e. The van der Waals surface area contributed by atoms with Crippen molar-refractivity contribution in [2.75, 3.05) is 26.2 Å². The molecule has 1 aliphatic carbocycles. The molecule has 4 fully saturated rings. The molecule has 3 aromatic carbocycles. The molecule has 2 N–H and O–H groups in total. The number of nitrogens with zero attached hydrogens (tertiary/aromatic N) is 2. The van der Waals surface area contributed by atoms with Crippen LogP contribution in [0, 0.1) is 22.9 Å². The van der Waals surface area contributed by atoms with Crippen molar-refractivity contribution in [3.63, 3.8) is 0 Å². The number of nitrogens with one attached hydrogen (secondary N) is 1. The first-order valence-corrected chi connectivity index (χ1v) is 20.2. The van der Waals surface area contributed by atoms with Gasteiger partial charge in [-0.1, -0.05) is 71.7 Å². The van der Waals surface area contributed by atoms with Gasteiger partial charge in [-0.15, -0.1) is 0 Å². The number of carbonyl (C=O) groups excluding carboxylic acids is 2. The standard InChI is InChI=1S/C42H42Cl2F3N3O7.CH2O2/c43-32-21-50(53)22-33(44)31(32)19-36(29-11-12-35(57-42(46)47)37(18-29)54-24-27-9-10-27)55-39(51)17-25-5-7-26(8-6-25)20-48-40(30-3-1-2-4-34(30)45)41(52)56-38-23-49-15-13-28(38)14-16-49;2-1-3/h1-8,11-12,18,21-22,27-28,36,38,40,42,48H,9-10,13-17,19-20,23-24H2;1H,(H,2,3)/t36?,38-,40?;/m0./s1. The Kier molecular flexibility index (Phi) is 15.5. The van der Waals surface area contributed by atoms with Gasteiger partial charge < -0.3 is 29.3 Å². The summed E-state index contributed by atoms with van der Waals surface area (Å²) in [5.41, 5.74) is 2.33. The lowest BCUT2D eigenvalue weighted by Gasteiger charge is -2.44. The van der Waals surface area contributed by atoms with Crippen molar-refractivity contribution in [1.29, 1.82) is 0 Å². The van der Waals surface area contributed by atoms with E-state index in [0.717, 1.165) is 56.7 Å². The maximum absolute atomic E-state index is 15.0. The normalized spacial score (nSPS) is 19.1. The highest BCUT2D eigenvalue weighted by molar-refractivity contribution is 6.35. The van der Waals surface area contributed by atoms with Crippen LogP contribution in [-0.2, 0) is 43.2 Å². The fraction of sp³-hybridized carbons (Fsp3) is 0.395. The van der Waals surface area contributed by atoms with Crippen LogP contribution in [0.15, 0.2) is 79.1 Å². The quantitative estimate of drug-likeness (QED) is 0.0473. The summed E-state index contributed by atoms with van der Waals surface area (Å²) < 4.78 is 64.4. The molecule has 12 nitrogen and oxygen atoms in total. The summed E-state index contributed by atoms with van der Waals surface area (Å²) in [6, 6.07) is 16.5. The first-order chi connectivity index (χ1) is 28.9. The largest absolute Gasteiger partial charge is 0.619 e. The van der Waals surface area contributed by atoms with Crippen molar-refractivity contribution in [1.82, 2.24) is 10.2 Å². The van der Waals surface area contributed by atoms with E-state index >= 15 is 0 Å². The van der Waals surface area contributed by atoms with E-state index in [1.807, 2.05) is 0 Å². The third-order valence-corrected chi connectivity index (χ3v) is 11.3. The van der Waals surface area contributed by atoms with Gasteiger partial charge in [-0.05, 0) is 85.5 Å². The minimum absolute atomic E-state index is 0.0444. The van der Waals surface area contributed by atoms with Gasteiger partial charge in [0, 0.05) is 30.6 Å². The van der Waals surface area contributed by atoms with Crippen molar-refractivity contribution in [3.8, 4) is 11.5 Å². The number of fused-ring (bicyclic) bond motifs is 3. The minimum atomic E-state index is -3.08. The van der Waals surface area contributed by atoms with E-state index < -0.39 is 36.5 Å². The maximum Gasteiger partial charge on any atom is 0.387 e. The molecule has 0 spiro atoms. The molecule has 3 atom stereocenters. The van der Waals surface area contributed by atoms with Gasteiger partial charge in [-0.3, -0.25) is 19.8 Å². The van der Waals surface area contributed by atoms with E-state index in [-0.39, 0.29) is 59.1 Å². The van der Waals surface area contributed by atoms with Crippen LogP contribution in [0.3, 0.4) is 0 Å². The number of rotatable bonds is 17. The monoisotopic (exact) mass is 873 g/mol. The summed E-state index contributed by atoms with van der Waals surface area (Å²) in [5.74, 6) is -1.15. The Hall–Kier alpha value is -5.09. The lowest BCUT2D eigenvalue weighted by Crippen LogP contribution is -2.52. The number of benzene rings is 3. The van der Waals surface area contributed by atoms with Gasteiger partial charge in [0.15, 0.2) is 23.9 Å². The molecule has 8 rings (SSSR count). The Morgan fingerprint density at radius 1 is 0.967 bits per heavy atom. The van der Waals surface area contributed by atoms with E-state index in [4.69, 9.17) is 52.1 Å². The van der Waals surface area contributed by atoms with E-state index in [1.165, 1.54) is 24.3 Å². The second-order valence-corrected chi connectivity index (χ2v) is 15.7. The third kappa shape index (κ3) is 12.2. The minimum Gasteiger partial charge on any atom is -0.619 e. The molecule has 1 saturated carbocycles. The number of esters is 2. The second-order valence-electron chi connectivity index (χ2n) is 14.9. The number of piperidine rings is 3. The summed E-state index contributed by atoms with van der Waals surface area (Å²) in [4.78, 5) is 37.7. The van der Waals surface area contributed by atoms with Gasteiger partial charge >= 0.3 is 18.6 Å². The molecule has 0 amide bonds. The highest BCUT2D eigenvalue weighted by Gasteiger charge is 2.38. The van der Waals surface area contributed by atoms with Crippen LogP contribution in [0.5, 0.6) is 11.5 Å². The zero-order valence-electron chi connectivity index (χ0n) is 32.3. The maximum atomic E-state index is 15.0. The number of carboxylic acid groups (broad SMARTS) is 1. The fourth-order valence-corrected chi connectivity index (χ4v) is 7.91. The van der Waals surface area contributed by atoms with Crippen LogP contribution >= 0.6 is 23.2 Å². The Labute approximate surface area is 354 Å². The zero-order valence-corrected chi connectivity index (χ0v) is 33.8. The first kappa shape index (κ1) is 44.5. The predicted octanol–water partition coefficient (Wildman–Crippen LogP) is 7.39. The van der Waals surface area contributed by atoms with Crippen LogP contribution in [0.4, 0.5) is 13.2 Å². The molecule has 1 aromatic heterocycles. The third-order valence-electron chi connectivity index (χ3n) is 10.6. The SMILES string of the molecule is O=C(Cc1ccc(CNC(C(=O)O[C@H]2CN3CCC2CC3)c2ccccc2F)cc1)OC(Cc1c(Cl)c[n+]([O-])cc1Cl)c1ccc(OC(F)F)c(OCC2CC2)c1.O=CO. The molecule has 2 unspecified atom stereocenters. The molecule has 0 radical (unpaired) electrons. The molecule has 17 heteroatoms. The van der Waals surface area contributed by atoms with Gasteiger partial charge in [0.05, 0.1) is 13.0 Å². The topological polar surface area (TPSA) is 151 Å². The fourth-order valence-electron chi connectivity index (χ4n) is 7.31.